The normalized spacial score (nSPS) is 10.3. The topological polar surface area (TPSA) is 49.3 Å². The first-order valence-electron chi connectivity index (χ1n) is 5.22. The summed E-state index contributed by atoms with van der Waals surface area (Å²) in [5, 5.41) is 11.7. The van der Waals surface area contributed by atoms with Crippen molar-refractivity contribution < 1.29 is 14.3 Å². The lowest BCUT2D eigenvalue weighted by atomic mass is 10.2. The molecule has 0 heterocycles. The van der Waals surface area contributed by atoms with Gasteiger partial charge >= 0.3 is 0 Å². The molecule has 98 valence electrons. The second-order valence-corrected chi connectivity index (χ2v) is 5.51. The van der Waals surface area contributed by atoms with Crippen molar-refractivity contribution in [1.82, 2.24) is 0 Å². The number of phenolic OH excluding ortho intramolecular Hbond substituents is 1. The molecule has 3 nitrogen and oxygen atoms in total. The summed E-state index contributed by atoms with van der Waals surface area (Å²) in [6.07, 6.45) is 0. The molecule has 2 aromatic rings. The molecule has 0 unspecified atom stereocenters. The van der Waals surface area contributed by atoms with Crippen LogP contribution in [0.5, 0.6) is 5.75 Å². The average molecular weight is 389 g/mol. The fourth-order valence-corrected chi connectivity index (χ4v) is 2.61. The molecule has 6 heteroatoms. The molecular weight excluding hydrogens is 381 g/mol. The number of carbonyl (C=O) groups excluding carboxylic acids is 1. The Bertz CT molecular complexity index is 647. The third-order valence-electron chi connectivity index (χ3n) is 2.38. The van der Waals surface area contributed by atoms with Crippen LogP contribution >= 0.6 is 31.9 Å². The minimum Gasteiger partial charge on any atom is -0.508 e. The smallest absolute Gasteiger partial charge is 0.258 e. The Morgan fingerprint density at radius 3 is 2.53 bits per heavy atom. The van der Waals surface area contributed by atoms with Crippen molar-refractivity contribution in [3.8, 4) is 5.75 Å². The van der Waals surface area contributed by atoms with Crippen LogP contribution in [0.2, 0.25) is 0 Å². The molecular formula is C13H8Br2FNO2. The highest BCUT2D eigenvalue weighted by molar-refractivity contribution is 9.11. The molecule has 0 bridgehead atoms. The molecule has 0 aliphatic rings. The minimum absolute atomic E-state index is 0.132. The van der Waals surface area contributed by atoms with Crippen molar-refractivity contribution in [3.63, 3.8) is 0 Å². The molecule has 0 aliphatic heterocycles. The van der Waals surface area contributed by atoms with Crippen LogP contribution in [0.4, 0.5) is 10.1 Å². The molecule has 19 heavy (non-hydrogen) atoms. The first-order valence-corrected chi connectivity index (χ1v) is 6.81. The maximum atomic E-state index is 13.5. The average Bonchev–Trinajstić information content (AvgIpc) is 2.32. The van der Waals surface area contributed by atoms with Crippen LogP contribution in [0.15, 0.2) is 45.3 Å². The number of phenols is 1. The van der Waals surface area contributed by atoms with E-state index < -0.39 is 11.7 Å². The highest BCUT2D eigenvalue weighted by atomic mass is 79.9. The third kappa shape index (κ3) is 3.33. The lowest BCUT2D eigenvalue weighted by Crippen LogP contribution is -2.14. The summed E-state index contributed by atoms with van der Waals surface area (Å²) in [5.41, 5.74) is 0.397. The first kappa shape index (κ1) is 14.0. The van der Waals surface area contributed by atoms with E-state index in [2.05, 4.69) is 37.2 Å². The van der Waals surface area contributed by atoms with Crippen molar-refractivity contribution in [1.29, 1.82) is 0 Å². The summed E-state index contributed by atoms with van der Waals surface area (Å²) in [4.78, 5) is 11.9. The Morgan fingerprint density at radius 1 is 1.16 bits per heavy atom. The standard InChI is InChI=1S/C13H8Br2FNO2/c14-7-1-4-12(10(15)5-7)17-13(19)9-3-2-8(18)6-11(9)16/h1-6,18H,(H,17,19). The Balaban J connectivity index is 2.25. The van der Waals surface area contributed by atoms with Gasteiger partial charge in [-0.3, -0.25) is 4.79 Å². The summed E-state index contributed by atoms with van der Waals surface area (Å²) in [6, 6.07) is 8.59. The van der Waals surface area contributed by atoms with E-state index >= 15 is 0 Å². The molecule has 1 amide bonds. The van der Waals surface area contributed by atoms with Gasteiger partial charge in [0.2, 0.25) is 0 Å². The number of nitrogens with one attached hydrogen (secondary N) is 1. The number of anilines is 1. The lowest BCUT2D eigenvalue weighted by molar-refractivity contribution is 0.102. The number of aromatic hydroxyl groups is 1. The van der Waals surface area contributed by atoms with Crippen LogP contribution in [-0.4, -0.2) is 11.0 Å². The number of rotatable bonds is 2. The van der Waals surface area contributed by atoms with Crippen LogP contribution in [0.3, 0.4) is 0 Å². The molecule has 0 saturated carbocycles. The van der Waals surface area contributed by atoms with Gasteiger partial charge in [-0.25, -0.2) is 4.39 Å². The quantitative estimate of drug-likeness (QED) is 0.805. The monoisotopic (exact) mass is 387 g/mol. The van der Waals surface area contributed by atoms with E-state index in [1.165, 1.54) is 12.1 Å². The van der Waals surface area contributed by atoms with Crippen LogP contribution in [0.25, 0.3) is 0 Å². The summed E-state index contributed by atoms with van der Waals surface area (Å²) in [7, 11) is 0. The molecule has 0 radical (unpaired) electrons. The summed E-state index contributed by atoms with van der Waals surface area (Å²) < 4.78 is 15.1. The van der Waals surface area contributed by atoms with Crippen molar-refractivity contribution in [2.75, 3.05) is 5.32 Å². The molecule has 2 N–H and O–H groups in total. The Morgan fingerprint density at radius 2 is 1.89 bits per heavy atom. The molecule has 0 aromatic heterocycles. The van der Waals surface area contributed by atoms with E-state index in [9.17, 15) is 9.18 Å². The van der Waals surface area contributed by atoms with E-state index in [1.807, 2.05) is 0 Å². The van der Waals surface area contributed by atoms with Crippen LogP contribution < -0.4 is 5.32 Å². The zero-order valence-corrected chi connectivity index (χ0v) is 12.6. The zero-order chi connectivity index (χ0) is 14.0. The maximum Gasteiger partial charge on any atom is 0.258 e. The Labute approximate surface area is 125 Å². The SMILES string of the molecule is O=C(Nc1ccc(Br)cc1Br)c1ccc(O)cc1F. The minimum atomic E-state index is -0.772. The second kappa shape index (κ2) is 5.71. The van der Waals surface area contributed by atoms with Gasteiger partial charge in [-0.1, -0.05) is 15.9 Å². The summed E-state index contributed by atoms with van der Waals surface area (Å²) in [6.45, 7) is 0. The highest BCUT2D eigenvalue weighted by Gasteiger charge is 2.13. The van der Waals surface area contributed by atoms with Gasteiger partial charge in [-0.2, -0.15) is 0 Å². The predicted octanol–water partition coefficient (Wildman–Crippen LogP) is 4.31. The molecule has 0 atom stereocenters. The fourth-order valence-electron chi connectivity index (χ4n) is 1.47. The first-order chi connectivity index (χ1) is 8.97. The predicted molar refractivity (Wildman–Crippen MR) is 77.9 cm³/mol. The van der Waals surface area contributed by atoms with Crippen molar-refractivity contribution in [2.24, 2.45) is 0 Å². The van der Waals surface area contributed by atoms with Gasteiger partial charge < -0.3 is 10.4 Å². The highest BCUT2D eigenvalue weighted by Crippen LogP contribution is 2.27. The molecule has 0 aliphatic carbocycles. The molecule has 0 spiro atoms. The number of halogens is 3. The van der Waals surface area contributed by atoms with E-state index in [1.54, 1.807) is 18.2 Å². The van der Waals surface area contributed by atoms with Gasteiger partial charge in [0.25, 0.3) is 5.91 Å². The van der Waals surface area contributed by atoms with Crippen LogP contribution in [0, 0.1) is 5.82 Å². The summed E-state index contributed by atoms with van der Waals surface area (Å²) in [5.74, 6) is -1.58. The molecule has 2 rings (SSSR count). The largest absolute Gasteiger partial charge is 0.508 e. The number of hydrogen-bond donors (Lipinski definition) is 2. The lowest BCUT2D eigenvalue weighted by Gasteiger charge is -2.08. The maximum absolute atomic E-state index is 13.5. The van der Waals surface area contributed by atoms with Gasteiger partial charge in [0.1, 0.15) is 11.6 Å². The Kier molecular flexibility index (Phi) is 4.21. The zero-order valence-electron chi connectivity index (χ0n) is 9.45. The van der Waals surface area contributed by atoms with Gasteiger partial charge in [0.15, 0.2) is 0 Å². The molecule has 0 fully saturated rings. The van der Waals surface area contributed by atoms with Gasteiger partial charge in [-0.15, -0.1) is 0 Å². The van der Waals surface area contributed by atoms with Crippen molar-refractivity contribution >= 4 is 43.5 Å². The van der Waals surface area contributed by atoms with Gasteiger partial charge in [0, 0.05) is 15.0 Å². The number of benzene rings is 2. The van der Waals surface area contributed by atoms with Crippen LogP contribution in [-0.2, 0) is 0 Å². The number of hydrogen-bond acceptors (Lipinski definition) is 2. The van der Waals surface area contributed by atoms with E-state index in [0.29, 0.717) is 10.2 Å². The number of amides is 1. The van der Waals surface area contributed by atoms with Gasteiger partial charge in [-0.05, 0) is 46.3 Å². The van der Waals surface area contributed by atoms with E-state index in [0.717, 1.165) is 10.5 Å². The molecule has 2 aromatic carbocycles. The fraction of sp³-hybridized carbons (Fsp3) is 0. The second-order valence-electron chi connectivity index (χ2n) is 3.74. The third-order valence-corrected chi connectivity index (χ3v) is 3.53. The van der Waals surface area contributed by atoms with E-state index in [4.69, 9.17) is 5.11 Å². The Hall–Kier alpha value is -1.40. The van der Waals surface area contributed by atoms with Crippen molar-refractivity contribution in [2.45, 2.75) is 0 Å². The summed E-state index contributed by atoms with van der Waals surface area (Å²) >= 11 is 6.60. The molecule has 0 saturated heterocycles. The number of carbonyl (C=O) groups is 1. The van der Waals surface area contributed by atoms with Gasteiger partial charge in [0.05, 0.1) is 11.3 Å². The van der Waals surface area contributed by atoms with Crippen LogP contribution in [0.1, 0.15) is 10.4 Å². The van der Waals surface area contributed by atoms with Crippen molar-refractivity contribution in [3.05, 3.63) is 56.7 Å². The van der Waals surface area contributed by atoms with E-state index in [-0.39, 0.29) is 11.3 Å².